The van der Waals surface area contributed by atoms with Gasteiger partial charge in [-0.25, -0.2) is 15.0 Å². The van der Waals surface area contributed by atoms with Crippen LogP contribution in [0, 0.1) is 0 Å². The van der Waals surface area contributed by atoms with E-state index in [0.29, 0.717) is 17.5 Å². The molecular weight excluding hydrogens is 773 g/mol. The predicted molar refractivity (Wildman–Crippen MR) is 260 cm³/mol. The van der Waals surface area contributed by atoms with E-state index in [1.807, 2.05) is 6.07 Å². The Hall–Kier alpha value is -7.99. The first-order valence-corrected chi connectivity index (χ1v) is 21.7. The van der Waals surface area contributed by atoms with Crippen molar-refractivity contribution >= 4 is 53.3 Å². The zero-order valence-electron chi connectivity index (χ0n) is 33.5. The van der Waals surface area contributed by atoms with Gasteiger partial charge in [-0.05, 0) is 75.8 Å². The topological polar surface area (TPSA) is 43.6 Å². The molecule has 0 atom stereocenters. The Balaban J connectivity index is 0.973. The van der Waals surface area contributed by atoms with Crippen LogP contribution in [0.5, 0.6) is 0 Å². The summed E-state index contributed by atoms with van der Waals surface area (Å²) in [6.07, 6.45) is 0. The molecule has 12 rings (SSSR count). The maximum Gasteiger partial charge on any atom is 0.164 e. The minimum absolute atomic E-state index is 0.627. The summed E-state index contributed by atoms with van der Waals surface area (Å²) in [7, 11) is 0. The lowest BCUT2D eigenvalue weighted by Crippen LogP contribution is -2.00. The molecule has 0 saturated heterocycles. The Labute approximate surface area is 362 Å². The van der Waals surface area contributed by atoms with Crippen molar-refractivity contribution in [3.63, 3.8) is 0 Å². The van der Waals surface area contributed by atoms with E-state index in [-0.39, 0.29) is 0 Å². The number of benzene rings is 9. The third kappa shape index (κ3) is 6.26. The van der Waals surface area contributed by atoms with Crippen LogP contribution in [0.4, 0.5) is 0 Å². The van der Waals surface area contributed by atoms with Crippen LogP contribution in [0.15, 0.2) is 218 Å². The van der Waals surface area contributed by atoms with Gasteiger partial charge in [0.25, 0.3) is 0 Å². The molecule has 0 radical (unpaired) electrons. The molecular formula is C57H36N4S. The minimum Gasteiger partial charge on any atom is -0.309 e. The fourth-order valence-corrected chi connectivity index (χ4v) is 10.0. The van der Waals surface area contributed by atoms with Crippen molar-refractivity contribution in [1.82, 2.24) is 19.5 Å². The average molecular weight is 809 g/mol. The molecule has 62 heavy (non-hydrogen) atoms. The van der Waals surface area contributed by atoms with Crippen molar-refractivity contribution in [3.8, 4) is 73.2 Å². The highest BCUT2D eigenvalue weighted by molar-refractivity contribution is 7.25. The molecule has 0 aliphatic heterocycles. The van der Waals surface area contributed by atoms with Crippen molar-refractivity contribution in [2.75, 3.05) is 0 Å². The van der Waals surface area contributed by atoms with Crippen LogP contribution in [0.1, 0.15) is 0 Å². The summed E-state index contributed by atoms with van der Waals surface area (Å²) in [5.74, 6) is 1.90. The van der Waals surface area contributed by atoms with E-state index in [1.165, 1.54) is 58.7 Å². The second-order valence-electron chi connectivity index (χ2n) is 15.6. The summed E-state index contributed by atoms with van der Waals surface area (Å²) in [5.41, 5.74) is 13.2. The Kier molecular flexibility index (Phi) is 8.65. The van der Waals surface area contributed by atoms with Gasteiger partial charge in [0.2, 0.25) is 0 Å². The second-order valence-corrected chi connectivity index (χ2v) is 16.7. The van der Waals surface area contributed by atoms with E-state index in [4.69, 9.17) is 15.0 Å². The number of hydrogen-bond donors (Lipinski definition) is 0. The van der Waals surface area contributed by atoms with Crippen LogP contribution in [-0.2, 0) is 0 Å². The lowest BCUT2D eigenvalue weighted by Gasteiger charge is -2.12. The number of thiophene rings is 1. The number of rotatable bonds is 7. The molecule has 0 aliphatic carbocycles. The second kappa shape index (κ2) is 14.9. The van der Waals surface area contributed by atoms with Gasteiger partial charge in [0.1, 0.15) is 0 Å². The van der Waals surface area contributed by atoms with E-state index >= 15 is 0 Å². The van der Waals surface area contributed by atoms with Gasteiger partial charge >= 0.3 is 0 Å². The molecule has 9 aromatic carbocycles. The summed E-state index contributed by atoms with van der Waals surface area (Å²) in [6, 6.07) is 77.5. The molecule has 3 heterocycles. The molecule has 0 spiro atoms. The molecule has 0 N–H and O–H groups in total. The average Bonchev–Trinajstić information content (AvgIpc) is 3.90. The highest BCUT2D eigenvalue weighted by atomic mass is 32.1. The van der Waals surface area contributed by atoms with Crippen LogP contribution < -0.4 is 0 Å². The lowest BCUT2D eigenvalue weighted by atomic mass is 9.99. The molecule has 0 fully saturated rings. The maximum absolute atomic E-state index is 5.20. The molecule has 4 nitrogen and oxygen atoms in total. The first-order chi connectivity index (χ1) is 30.7. The van der Waals surface area contributed by atoms with E-state index in [9.17, 15) is 0 Å². The summed E-state index contributed by atoms with van der Waals surface area (Å²) in [5, 5.41) is 5.00. The fourth-order valence-electron chi connectivity index (χ4n) is 8.89. The molecule has 0 aliphatic rings. The standard InChI is InChI=1S/C57H36N4S/c1-3-14-37(15-4-1)38-28-30-40(31-29-38)55-58-56(60-57(59-55)44-32-33-48-47-22-8-10-27-52(47)62-53(48)36-44)43-20-11-18-41(34-43)42-19-12-21-45(35-42)61-50-25-9-7-23-49(50)54-46(24-13-26-51(54)61)39-16-5-2-6-17-39/h1-36H. The molecule has 0 saturated carbocycles. The third-order valence-electron chi connectivity index (χ3n) is 11.9. The van der Waals surface area contributed by atoms with Crippen LogP contribution in [0.3, 0.4) is 0 Å². The highest BCUT2D eigenvalue weighted by Crippen LogP contribution is 2.40. The molecule has 0 bridgehead atoms. The largest absolute Gasteiger partial charge is 0.309 e. The monoisotopic (exact) mass is 808 g/mol. The van der Waals surface area contributed by atoms with Crippen LogP contribution in [0.25, 0.3) is 115 Å². The number of aromatic nitrogens is 4. The van der Waals surface area contributed by atoms with Crippen LogP contribution in [0.2, 0.25) is 0 Å². The van der Waals surface area contributed by atoms with Crippen molar-refractivity contribution in [3.05, 3.63) is 218 Å². The third-order valence-corrected chi connectivity index (χ3v) is 13.0. The van der Waals surface area contributed by atoms with E-state index < -0.39 is 0 Å². The van der Waals surface area contributed by atoms with Gasteiger partial charge in [-0.15, -0.1) is 11.3 Å². The fraction of sp³-hybridized carbons (Fsp3) is 0. The first kappa shape index (κ1) is 35.9. The summed E-state index contributed by atoms with van der Waals surface area (Å²) >= 11 is 1.80. The van der Waals surface area contributed by atoms with E-state index in [1.54, 1.807) is 11.3 Å². The molecule has 290 valence electrons. The van der Waals surface area contributed by atoms with Gasteiger partial charge < -0.3 is 4.57 Å². The van der Waals surface area contributed by atoms with Crippen molar-refractivity contribution < 1.29 is 0 Å². The molecule has 5 heteroatoms. The smallest absolute Gasteiger partial charge is 0.164 e. The lowest BCUT2D eigenvalue weighted by molar-refractivity contribution is 1.07. The normalized spacial score (nSPS) is 11.5. The Morgan fingerprint density at radius 3 is 1.61 bits per heavy atom. The van der Waals surface area contributed by atoms with Crippen molar-refractivity contribution in [2.24, 2.45) is 0 Å². The molecule has 12 aromatic rings. The summed E-state index contributed by atoms with van der Waals surface area (Å²) < 4.78 is 4.87. The zero-order valence-corrected chi connectivity index (χ0v) is 34.3. The van der Waals surface area contributed by atoms with E-state index in [2.05, 4.69) is 217 Å². The predicted octanol–water partition coefficient (Wildman–Crippen LogP) is 15.3. The van der Waals surface area contributed by atoms with Gasteiger partial charge in [0.15, 0.2) is 17.5 Å². The van der Waals surface area contributed by atoms with Gasteiger partial charge in [0, 0.05) is 53.3 Å². The Morgan fingerprint density at radius 1 is 0.306 bits per heavy atom. The molecule has 0 unspecified atom stereocenters. The van der Waals surface area contributed by atoms with Crippen molar-refractivity contribution in [2.45, 2.75) is 0 Å². The first-order valence-electron chi connectivity index (χ1n) is 20.8. The number of para-hydroxylation sites is 1. The zero-order chi connectivity index (χ0) is 41.0. The number of nitrogens with zero attached hydrogens (tertiary/aromatic N) is 4. The summed E-state index contributed by atoms with van der Waals surface area (Å²) in [6.45, 7) is 0. The van der Waals surface area contributed by atoms with Gasteiger partial charge in [-0.2, -0.15) is 0 Å². The maximum atomic E-state index is 5.20. The van der Waals surface area contributed by atoms with Gasteiger partial charge in [-0.1, -0.05) is 176 Å². The highest BCUT2D eigenvalue weighted by Gasteiger charge is 2.18. The molecule has 3 aromatic heterocycles. The quantitative estimate of drug-likeness (QED) is 0.161. The van der Waals surface area contributed by atoms with Crippen LogP contribution >= 0.6 is 11.3 Å². The number of fused-ring (bicyclic) bond motifs is 6. The Bertz CT molecular complexity index is 3630. The SMILES string of the molecule is c1ccc(-c2ccc(-c3nc(-c4cccc(-c5cccc(-n6c7ccccc7c7c(-c8ccccc8)cccc76)c5)c4)nc(-c4ccc5c(c4)sc4ccccc45)n3)cc2)cc1. The van der Waals surface area contributed by atoms with Gasteiger partial charge in [0.05, 0.1) is 11.0 Å². The van der Waals surface area contributed by atoms with E-state index in [0.717, 1.165) is 39.1 Å². The summed E-state index contributed by atoms with van der Waals surface area (Å²) in [4.78, 5) is 15.5. The Morgan fingerprint density at radius 2 is 0.823 bits per heavy atom. The number of hydrogen-bond acceptors (Lipinski definition) is 4. The minimum atomic E-state index is 0.627. The van der Waals surface area contributed by atoms with Crippen LogP contribution in [-0.4, -0.2) is 19.5 Å². The molecule has 0 amide bonds. The van der Waals surface area contributed by atoms with Gasteiger partial charge in [-0.3, -0.25) is 0 Å². The van der Waals surface area contributed by atoms with Crippen molar-refractivity contribution in [1.29, 1.82) is 0 Å².